The fourth-order valence-electron chi connectivity index (χ4n) is 10.1. The van der Waals surface area contributed by atoms with Crippen molar-refractivity contribution in [3.05, 3.63) is 95.6 Å². The average Bonchev–Trinajstić information content (AvgIpc) is 4.26. The van der Waals surface area contributed by atoms with E-state index >= 15 is 9.59 Å². The molecule has 0 unspecified atom stereocenters. The van der Waals surface area contributed by atoms with Crippen molar-refractivity contribution >= 4 is 47.5 Å². The van der Waals surface area contributed by atoms with E-state index in [9.17, 15) is 28.8 Å². The Bertz CT molecular complexity index is 2730. The summed E-state index contributed by atoms with van der Waals surface area (Å²) >= 11 is 0. The molecule has 88 heavy (non-hydrogen) atoms. The number of cyclic esters (lactones) is 4. The highest BCUT2D eigenvalue weighted by molar-refractivity contribution is 5.94. The van der Waals surface area contributed by atoms with Crippen LogP contribution in [0, 0.1) is 23.7 Å². The molecular formula is C64H92N8O16. The smallest absolute Gasteiger partial charge is 0.329 e. The van der Waals surface area contributed by atoms with Gasteiger partial charge in [-0.3, -0.25) is 28.5 Å². The number of likely N-dealkylation sites (N-methyl/N-ethyl adjacent to an activating group) is 4. The Balaban J connectivity index is 1.56. The zero-order valence-corrected chi connectivity index (χ0v) is 54.0. The number of amides is 4. The van der Waals surface area contributed by atoms with Gasteiger partial charge < -0.3 is 57.5 Å². The Hall–Kier alpha value is -7.86. The molecular weight excluding hydrogens is 1140 g/mol. The van der Waals surface area contributed by atoms with Gasteiger partial charge in [-0.05, 0) is 85.5 Å². The number of hydrogen-bond acceptors (Lipinski definition) is 18. The van der Waals surface area contributed by atoms with E-state index in [1.807, 2.05) is 79.7 Å². The molecule has 484 valence electrons. The maximum absolute atomic E-state index is 15.1. The van der Waals surface area contributed by atoms with E-state index in [-0.39, 0.29) is 75.8 Å². The standard InChI is InChI=1S/C64H92N8O16/c1-39(2)25-51-61(77)85-43(9)57(73)67(11)54(28-42(7)8)64(80)88-56(30-46-19-23-48(24-20-46)34-72-36-50(32-66-72)84-38-82-16)60(76)70(14)52(26-40(3)4)62(78)86-44(10)58(74)68(12)53(27-41(5)6)63(79)87-55(59(75)69(51)13)29-45-17-21-47(22-18-45)33-71-35-49(31-65-71)83-37-81-15/h17-24,31-32,35-36,39-44,51-56H,25-30,33-34,37-38H2,1-16H3/t43-,44-,51+,52+,53+,54+,55-,56-/m1/s1. The SMILES string of the molecule is COCOc1cnn(Cc2ccc(C[C@H]3OC(=O)[C@H](CC(C)C)N(C)C(=O)[C@@H](C)OC(=O)[C@H](CC(C)C)N(C)C(=O)[C@@H](Cc4ccc(Cn5cc(OCOC)cn5)cc4)OC(=O)[C@H](CC(C)C)N(C)C(=O)[C@@H](C)OC(=O)[C@H](CC(C)C)N(C)C3=O)cc2)c1. The molecule has 0 bridgehead atoms. The highest BCUT2D eigenvalue weighted by atomic mass is 16.7. The van der Waals surface area contributed by atoms with Crippen LogP contribution in [-0.4, -0.2) is 191 Å². The summed E-state index contributed by atoms with van der Waals surface area (Å²) in [5.41, 5.74) is 2.85. The molecule has 3 heterocycles. The summed E-state index contributed by atoms with van der Waals surface area (Å²) in [5, 5.41) is 8.70. The Morgan fingerprint density at radius 3 is 0.977 bits per heavy atom. The molecule has 8 atom stereocenters. The maximum atomic E-state index is 15.1. The highest BCUT2D eigenvalue weighted by Crippen LogP contribution is 2.25. The molecule has 1 fully saturated rings. The Morgan fingerprint density at radius 1 is 0.420 bits per heavy atom. The summed E-state index contributed by atoms with van der Waals surface area (Å²) in [7, 11) is 8.55. The second kappa shape index (κ2) is 33.5. The molecule has 1 aliphatic rings. The van der Waals surface area contributed by atoms with Crippen molar-refractivity contribution in [3.63, 3.8) is 0 Å². The topological polar surface area (TPSA) is 259 Å². The molecule has 5 rings (SSSR count). The van der Waals surface area contributed by atoms with Crippen LogP contribution in [0.4, 0.5) is 0 Å². The Kier molecular flexibility index (Phi) is 27.0. The third kappa shape index (κ3) is 20.6. The van der Waals surface area contributed by atoms with Gasteiger partial charge >= 0.3 is 23.9 Å². The summed E-state index contributed by atoms with van der Waals surface area (Å²) in [6.45, 7) is 18.3. The number of nitrogens with zero attached hydrogens (tertiary/aromatic N) is 8. The van der Waals surface area contributed by atoms with E-state index in [1.165, 1.54) is 56.3 Å². The molecule has 0 aliphatic carbocycles. The quantitative estimate of drug-likeness (QED) is 0.0488. The van der Waals surface area contributed by atoms with Crippen LogP contribution < -0.4 is 9.47 Å². The van der Waals surface area contributed by atoms with Gasteiger partial charge in [0.15, 0.2) is 49.5 Å². The van der Waals surface area contributed by atoms with Crippen molar-refractivity contribution in [1.29, 1.82) is 0 Å². The van der Waals surface area contributed by atoms with E-state index in [4.69, 9.17) is 37.9 Å². The van der Waals surface area contributed by atoms with E-state index in [0.717, 1.165) is 30.7 Å². The monoisotopic (exact) mass is 1230 g/mol. The number of esters is 4. The van der Waals surface area contributed by atoms with Gasteiger partial charge in [0.25, 0.3) is 23.6 Å². The summed E-state index contributed by atoms with van der Waals surface area (Å²) in [6.07, 6.45) is 0.313. The minimum Gasteiger partial charge on any atom is -0.464 e. The maximum Gasteiger partial charge on any atom is 0.329 e. The number of benzene rings is 2. The normalized spacial score (nSPS) is 22.1. The lowest BCUT2D eigenvalue weighted by Gasteiger charge is -2.35. The average molecular weight is 1230 g/mol. The van der Waals surface area contributed by atoms with Gasteiger partial charge in [-0.2, -0.15) is 10.2 Å². The second-order valence-corrected chi connectivity index (χ2v) is 24.3. The third-order valence-electron chi connectivity index (χ3n) is 15.0. The van der Waals surface area contributed by atoms with Gasteiger partial charge in [-0.25, -0.2) is 19.2 Å². The number of carbonyl (C=O) groups is 8. The molecule has 24 nitrogen and oxygen atoms in total. The first kappa shape index (κ1) is 70.9. The fourth-order valence-corrected chi connectivity index (χ4v) is 10.1. The van der Waals surface area contributed by atoms with Crippen molar-refractivity contribution in [3.8, 4) is 11.5 Å². The van der Waals surface area contributed by atoms with Crippen LogP contribution in [0.5, 0.6) is 11.5 Å². The molecule has 2 aromatic carbocycles. The van der Waals surface area contributed by atoms with Gasteiger partial charge in [0, 0.05) is 55.3 Å². The Morgan fingerprint density at radius 2 is 0.693 bits per heavy atom. The van der Waals surface area contributed by atoms with Crippen LogP contribution in [-0.2, 0) is 92.7 Å². The van der Waals surface area contributed by atoms with Crippen molar-refractivity contribution in [1.82, 2.24) is 39.2 Å². The number of hydrogen-bond donors (Lipinski definition) is 0. The molecule has 24 heteroatoms. The van der Waals surface area contributed by atoms with E-state index in [2.05, 4.69) is 10.2 Å². The Labute approximate surface area is 517 Å². The largest absolute Gasteiger partial charge is 0.464 e. The molecule has 0 N–H and O–H groups in total. The number of rotatable bonds is 22. The zero-order chi connectivity index (χ0) is 65.1. The molecule has 4 amide bonds. The van der Waals surface area contributed by atoms with Crippen molar-refractivity contribution < 1.29 is 76.3 Å². The third-order valence-corrected chi connectivity index (χ3v) is 15.0. The molecule has 0 radical (unpaired) electrons. The number of carbonyl (C=O) groups excluding carboxylic acids is 8. The van der Waals surface area contributed by atoms with Crippen molar-refractivity contribution in [2.45, 2.75) is 169 Å². The minimum absolute atomic E-state index is 0.0545. The first-order valence-corrected chi connectivity index (χ1v) is 29.9. The van der Waals surface area contributed by atoms with Gasteiger partial charge in [-0.1, -0.05) is 104 Å². The molecule has 0 spiro atoms. The minimum atomic E-state index is -1.57. The zero-order valence-electron chi connectivity index (χ0n) is 54.0. The number of ether oxygens (including phenoxy) is 8. The van der Waals surface area contributed by atoms with Gasteiger partial charge in [0.2, 0.25) is 0 Å². The van der Waals surface area contributed by atoms with Crippen LogP contribution in [0.25, 0.3) is 0 Å². The van der Waals surface area contributed by atoms with E-state index in [0.29, 0.717) is 35.7 Å². The molecule has 0 saturated carbocycles. The predicted molar refractivity (Wildman–Crippen MR) is 323 cm³/mol. The first-order valence-electron chi connectivity index (χ1n) is 29.9. The highest BCUT2D eigenvalue weighted by Gasteiger charge is 2.43. The van der Waals surface area contributed by atoms with E-state index in [1.54, 1.807) is 58.4 Å². The summed E-state index contributed by atoms with van der Waals surface area (Å²) in [4.78, 5) is 123. The summed E-state index contributed by atoms with van der Waals surface area (Å²) in [5.74, 6) is -6.65. The van der Waals surface area contributed by atoms with Crippen molar-refractivity contribution in [2.24, 2.45) is 23.7 Å². The van der Waals surface area contributed by atoms with Crippen LogP contribution in [0.2, 0.25) is 0 Å². The molecule has 1 aliphatic heterocycles. The van der Waals surface area contributed by atoms with Crippen LogP contribution in [0.1, 0.15) is 117 Å². The number of aromatic nitrogens is 4. The van der Waals surface area contributed by atoms with Gasteiger partial charge in [0.1, 0.15) is 24.2 Å². The lowest BCUT2D eigenvalue weighted by atomic mass is 9.99. The second-order valence-electron chi connectivity index (χ2n) is 24.3. The van der Waals surface area contributed by atoms with Crippen molar-refractivity contribution in [2.75, 3.05) is 56.0 Å². The lowest BCUT2D eigenvalue weighted by Crippen LogP contribution is -2.55. The van der Waals surface area contributed by atoms with Gasteiger partial charge in [0.05, 0.1) is 37.9 Å². The summed E-state index contributed by atoms with van der Waals surface area (Å²) < 4.78 is 48.6. The molecule has 1 saturated heterocycles. The first-order chi connectivity index (χ1) is 41.6. The van der Waals surface area contributed by atoms with Crippen LogP contribution in [0.15, 0.2) is 73.3 Å². The summed E-state index contributed by atoms with van der Waals surface area (Å²) in [6, 6.07) is 9.17. The fraction of sp³-hybridized carbons (Fsp3) is 0.594. The lowest BCUT2D eigenvalue weighted by molar-refractivity contribution is -0.176. The number of methoxy groups -OCH3 is 2. The van der Waals surface area contributed by atoms with Crippen LogP contribution >= 0.6 is 0 Å². The van der Waals surface area contributed by atoms with Crippen LogP contribution in [0.3, 0.4) is 0 Å². The van der Waals surface area contributed by atoms with E-state index < -0.39 is 96.1 Å². The molecule has 2 aromatic heterocycles. The predicted octanol–water partition coefficient (Wildman–Crippen LogP) is 6.12. The van der Waals surface area contributed by atoms with Gasteiger partial charge in [-0.15, -0.1) is 0 Å². The molecule has 4 aromatic rings.